The minimum absolute atomic E-state index is 0.0411. The molecule has 2 N–H and O–H groups in total. The van der Waals surface area contributed by atoms with Gasteiger partial charge >= 0.3 is 0 Å². The van der Waals surface area contributed by atoms with Crippen LogP contribution in [-0.4, -0.2) is 88.4 Å². The van der Waals surface area contributed by atoms with E-state index in [0.29, 0.717) is 43.3 Å². The minimum Gasteiger partial charge on any atom is -0.457 e. The van der Waals surface area contributed by atoms with Crippen LogP contribution in [0.4, 0.5) is 5.82 Å². The molecule has 4 aromatic rings. The number of likely N-dealkylation sites (tertiary alicyclic amines) is 2. The Morgan fingerprint density at radius 3 is 2.46 bits per heavy atom. The maximum absolute atomic E-state index is 12.7. The number of benzene rings is 2. The molecule has 4 heterocycles. The Morgan fingerprint density at radius 2 is 1.78 bits per heavy atom. The van der Waals surface area contributed by atoms with Gasteiger partial charge in [0.15, 0.2) is 0 Å². The number of carbonyl (C=O) groups is 2. The number of hydrogen-bond acceptors (Lipinski definition) is 7. The third-order valence-electron chi connectivity index (χ3n) is 8.55. The van der Waals surface area contributed by atoms with Crippen LogP contribution in [0.5, 0.6) is 11.5 Å². The van der Waals surface area contributed by atoms with Gasteiger partial charge in [-0.05, 0) is 62.7 Å². The molecule has 0 saturated carbocycles. The van der Waals surface area contributed by atoms with Gasteiger partial charge in [-0.3, -0.25) is 9.59 Å². The third kappa shape index (κ3) is 6.60. The largest absolute Gasteiger partial charge is 0.457 e. The molecule has 0 radical (unpaired) electrons. The minimum atomic E-state index is -0.151. The molecule has 10 nitrogen and oxygen atoms in total. The Bertz CT molecular complexity index is 1810. The number of para-hydroxylation sites is 1. The Morgan fingerprint density at radius 1 is 1.07 bits per heavy atom. The molecule has 1 unspecified atom stereocenters. The van der Waals surface area contributed by atoms with Crippen LogP contribution >= 0.6 is 0 Å². The van der Waals surface area contributed by atoms with Crippen LogP contribution in [0.3, 0.4) is 0 Å². The highest BCUT2D eigenvalue weighted by atomic mass is 16.5. The number of piperidine rings is 1. The van der Waals surface area contributed by atoms with E-state index in [0.717, 1.165) is 47.3 Å². The molecule has 6 rings (SSSR count). The van der Waals surface area contributed by atoms with Crippen molar-refractivity contribution in [2.45, 2.75) is 25.3 Å². The van der Waals surface area contributed by atoms with Crippen LogP contribution in [0, 0.1) is 17.8 Å². The number of amides is 2. The summed E-state index contributed by atoms with van der Waals surface area (Å²) in [4.78, 5) is 40.0. The van der Waals surface area contributed by atoms with E-state index < -0.39 is 0 Å². The molecule has 2 aliphatic rings. The highest BCUT2D eigenvalue weighted by molar-refractivity contribution is 6.04. The molecule has 0 spiro atoms. The lowest BCUT2D eigenvalue weighted by atomic mass is 9.96. The predicted molar refractivity (Wildman–Crippen MR) is 179 cm³/mol. The number of likely N-dealkylation sites (N-methyl/N-ethyl adjacent to an activating group) is 2. The summed E-state index contributed by atoms with van der Waals surface area (Å²) in [7, 11) is 5.77. The molecule has 236 valence electrons. The molecule has 2 aliphatic heterocycles. The van der Waals surface area contributed by atoms with E-state index in [1.54, 1.807) is 11.0 Å². The van der Waals surface area contributed by atoms with Crippen LogP contribution in [0.1, 0.15) is 31.0 Å². The summed E-state index contributed by atoms with van der Waals surface area (Å²) in [6.07, 6.45) is 6.95. The first-order valence-electron chi connectivity index (χ1n) is 15.6. The van der Waals surface area contributed by atoms with Crippen molar-refractivity contribution in [3.05, 3.63) is 78.8 Å². The van der Waals surface area contributed by atoms with Crippen LogP contribution in [-0.2, 0) is 9.59 Å². The normalized spacial score (nSPS) is 17.2. The van der Waals surface area contributed by atoms with Crippen molar-refractivity contribution >= 4 is 28.7 Å². The average Bonchev–Trinajstić information content (AvgIpc) is 3.57. The second-order valence-electron chi connectivity index (χ2n) is 12.2. The van der Waals surface area contributed by atoms with Crippen molar-refractivity contribution in [1.82, 2.24) is 29.2 Å². The van der Waals surface area contributed by atoms with E-state index in [-0.39, 0.29) is 23.8 Å². The Balaban J connectivity index is 1.35. The number of nitrogen functional groups attached to an aromatic ring is 1. The molecule has 2 aromatic carbocycles. The van der Waals surface area contributed by atoms with Gasteiger partial charge in [0.25, 0.3) is 0 Å². The van der Waals surface area contributed by atoms with Gasteiger partial charge in [-0.2, -0.15) is 0 Å². The molecular weight excluding hydrogens is 578 g/mol. The maximum atomic E-state index is 12.7. The quantitative estimate of drug-likeness (QED) is 0.239. The van der Waals surface area contributed by atoms with Crippen molar-refractivity contribution in [2.75, 3.05) is 53.1 Å². The fraction of sp³-hybridized carbons (Fsp3) is 0.333. The van der Waals surface area contributed by atoms with Crippen molar-refractivity contribution in [1.29, 1.82) is 0 Å². The lowest BCUT2D eigenvalue weighted by molar-refractivity contribution is -0.127. The van der Waals surface area contributed by atoms with Crippen LogP contribution < -0.4 is 10.5 Å². The molecule has 0 aliphatic carbocycles. The van der Waals surface area contributed by atoms with Gasteiger partial charge < -0.3 is 29.7 Å². The smallest absolute Gasteiger partial charge is 0.246 e. The van der Waals surface area contributed by atoms with Crippen LogP contribution in [0.25, 0.3) is 22.2 Å². The molecule has 10 heteroatoms. The SMILES string of the molecule is CN(C)C/C=C/C(=O)N1CCC(C#Cc2c(-c3ccc(Oc4ccccc4)cc3)c3c(N)ncnc3n2C2CC(=O)N(C)C2)CC1. The fourth-order valence-electron chi connectivity index (χ4n) is 6.13. The first-order chi connectivity index (χ1) is 22.3. The number of fused-ring (bicyclic) bond motifs is 1. The average molecular weight is 618 g/mol. The first-order valence-corrected chi connectivity index (χ1v) is 15.6. The molecule has 1 atom stereocenters. The maximum Gasteiger partial charge on any atom is 0.246 e. The highest BCUT2D eigenvalue weighted by Crippen LogP contribution is 2.40. The van der Waals surface area contributed by atoms with Gasteiger partial charge in [-0.15, -0.1) is 0 Å². The van der Waals surface area contributed by atoms with Crippen LogP contribution in [0.2, 0.25) is 0 Å². The number of nitrogens with two attached hydrogens (primary N) is 1. The molecule has 46 heavy (non-hydrogen) atoms. The van der Waals surface area contributed by atoms with Gasteiger partial charge in [0.05, 0.1) is 11.4 Å². The summed E-state index contributed by atoms with van der Waals surface area (Å²) in [5, 5.41) is 0.718. The van der Waals surface area contributed by atoms with E-state index in [9.17, 15) is 9.59 Å². The van der Waals surface area contributed by atoms with Crippen molar-refractivity contribution < 1.29 is 14.3 Å². The zero-order valence-electron chi connectivity index (χ0n) is 26.5. The van der Waals surface area contributed by atoms with E-state index in [1.165, 1.54) is 6.33 Å². The van der Waals surface area contributed by atoms with E-state index in [2.05, 4.69) is 26.4 Å². The molecule has 0 bridgehead atoms. The van der Waals surface area contributed by atoms with Crippen molar-refractivity contribution in [3.63, 3.8) is 0 Å². The summed E-state index contributed by atoms with van der Waals surface area (Å²) in [5.74, 6) is 9.11. The van der Waals surface area contributed by atoms with E-state index >= 15 is 0 Å². The van der Waals surface area contributed by atoms with Crippen LogP contribution in [0.15, 0.2) is 73.1 Å². The lowest BCUT2D eigenvalue weighted by Crippen LogP contribution is -2.37. The molecule has 2 saturated heterocycles. The van der Waals surface area contributed by atoms with Gasteiger partial charge in [0.2, 0.25) is 11.8 Å². The zero-order valence-corrected chi connectivity index (χ0v) is 26.5. The fourth-order valence-corrected chi connectivity index (χ4v) is 6.13. The van der Waals surface area contributed by atoms with E-state index in [1.807, 2.05) is 91.6 Å². The van der Waals surface area contributed by atoms with Crippen molar-refractivity contribution in [3.8, 4) is 34.5 Å². The summed E-state index contributed by atoms with van der Waals surface area (Å²) >= 11 is 0. The van der Waals surface area contributed by atoms with Gasteiger partial charge in [0.1, 0.15) is 35.0 Å². The first kappa shape index (κ1) is 30.9. The Hall–Kier alpha value is -5.14. The second-order valence-corrected chi connectivity index (χ2v) is 12.2. The Kier molecular flexibility index (Phi) is 9.04. The number of hydrogen-bond donors (Lipinski definition) is 1. The summed E-state index contributed by atoms with van der Waals surface area (Å²) in [6.45, 7) is 2.59. The number of nitrogens with zero attached hydrogens (tertiary/aromatic N) is 6. The monoisotopic (exact) mass is 617 g/mol. The summed E-state index contributed by atoms with van der Waals surface area (Å²) in [5.41, 5.74) is 9.70. The Labute approximate surface area is 269 Å². The van der Waals surface area contributed by atoms with Gasteiger partial charge in [0, 0.05) is 57.2 Å². The second kappa shape index (κ2) is 13.5. The topological polar surface area (TPSA) is 110 Å². The molecule has 2 amide bonds. The lowest BCUT2D eigenvalue weighted by Gasteiger charge is -2.29. The molecule has 2 fully saturated rings. The number of carbonyl (C=O) groups excluding carboxylic acids is 2. The van der Waals surface area contributed by atoms with Gasteiger partial charge in [-0.1, -0.05) is 42.3 Å². The standard InChI is InChI=1S/C36H39N7O3/c1-40(2)19-7-10-31(44)42-20-17-25(18-21-42)11-16-30-33(26-12-14-29(15-13-26)46-28-8-5-4-6-9-28)34-35(37)38-24-39-36(34)43(30)27-22-32(45)41(3)23-27/h4-10,12-15,24-25,27H,17-23H2,1-3H3,(H2,37,38,39)/b10-7+. The number of ether oxygens (including phenoxy) is 1. The third-order valence-corrected chi connectivity index (χ3v) is 8.55. The summed E-state index contributed by atoms with van der Waals surface area (Å²) < 4.78 is 8.13. The van der Waals surface area contributed by atoms with Crippen molar-refractivity contribution in [2.24, 2.45) is 5.92 Å². The number of aromatic nitrogens is 3. The number of rotatable bonds is 7. The predicted octanol–water partition coefficient (Wildman–Crippen LogP) is 4.58. The molecular formula is C36H39N7O3. The van der Waals surface area contributed by atoms with E-state index in [4.69, 9.17) is 10.5 Å². The zero-order chi connectivity index (χ0) is 32.2. The highest BCUT2D eigenvalue weighted by Gasteiger charge is 2.33. The van der Waals surface area contributed by atoms with Gasteiger partial charge in [-0.25, -0.2) is 9.97 Å². The molecule has 2 aromatic heterocycles. The summed E-state index contributed by atoms with van der Waals surface area (Å²) in [6, 6.07) is 17.3. The number of anilines is 1.